The van der Waals surface area contributed by atoms with Gasteiger partial charge in [-0.25, -0.2) is 19.6 Å². The van der Waals surface area contributed by atoms with E-state index in [1.807, 2.05) is 40.1 Å². The first-order valence-corrected chi connectivity index (χ1v) is 18.6. The summed E-state index contributed by atoms with van der Waals surface area (Å²) in [6, 6.07) is 0. The molecule has 8 rings (SSSR count). The van der Waals surface area contributed by atoms with Gasteiger partial charge in [-0.15, -0.1) is 22.7 Å². The number of aromatic nitrogens is 2. The summed E-state index contributed by atoms with van der Waals surface area (Å²) in [6.45, 7) is 7.52. The van der Waals surface area contributed by atoms with Crippen molar-refractivity contribution in [3.05, 3.63) is 31.6 Å². The van der Waals surface area contributed by atoms with Crippen molar-refractivity contribution in [2.75, 3.05) is 7.15 Å². The molecule has 0 unspecified atom stereocenters. The van der Waals surface area contributed by atoms with Crippen LogP contribution in [-0.2, 0) is 20.3 Å². The van der Waals surface area contributed by atoms with Gasteiger partial charge < -0.3 is 20.1 Å². The molecular formula is C31H47BBrFN5O4S3. The molecular weight excluding hydrogens is 712 g/mol. The minimum absolute atomic E-state index is 0.0367. The number of carbonyl (C=O) groups is 2. The fourth-order valence-corrected chi connectivity index (χ4v) is 9.70. The van der Waals surface area contributed by atoms with E-state index in [2.05, 4.69) is 66.7 Å². The maximum atomic E-state index is 11.9. The van der Waals surface area contributed by atoms with Gasteiger partial charge in [0, 0.05) is 33.5 Å². The third kappa shape index (κ3) is 9.75. The standard InChI is InChI=1S/C15H21BrN2O2S.C15H22N2O2S.CH3F.BHNS/c1-10(2)20-13(19)18-15-6-3-14(4-7-15,5-8-15)12-17-9-11(16)21-12;1-11(2)19-13(18)17-15-6-3-14(4-7-15,5-8-15)12-16-9-10-20-12;1-2;1-2-3/h9-10H,3-8H2,1-2H3,(H,18,19);9-11H,3-8H2,1-2H3,(H,17,18);1H3;3H/i;;1D;. The average molecular weight is 761 g/mol. The van der Waals surface area contributed by atoms with Crippen molar-refractivity contribution in [2.45, 2.75) is 139 Å². The zero-order chi connectivity index (χ0) is 34.7. The van der Waals surface area contributed by atoms with E-state index in [9.17, 15) is 14.0 Å². The zero-order valence-corrected chi connectivity index (χ0v) is 31.3. The second-order valence-corrected chi connectivity index (χ2v) is 16.7. The number of fused-ring (bicyclic) bond motifs is 6. The van der Waals surface area contributed by atoms with Crippen LogP contribution in [0.4, 0.5) is 14.0 Å². The van der Waals surface area contributed by atoms with Gasteiger partial charge in [0.05, 0.1) is 40.7 Å². The van der Waals surface area contributed by atoms with Crippen molar-refractivity contribution >= 4 is 71.2 Å². The SMILES string of the molecule is CC(C)OC(=O)NC12CCC(c3ncc(Br)s3)(CC1)CC2.CC(C)OC(=O)NC12CCC(c3nccs3)(CC1)CC2.[2H]CF.[B]=NS. The van der Waals surface area contributed by atoms with Gasteiger partial charge in [0.1, 0.15) is 0 Å². The number of carbonyl (C=O) groups excluding carboxylic acids is 2. The van der Waals surface area contributed by atoms with E-state index in [1.165, 1.54) is 10.0 Å². The Bertz CT molecular complexity index is 1260. The van der Waals surface area contributed by atoms with Crippen molar-refractivity contribution < 1.29 is 24.8 Å². The van der Waals surface area contributed by atoms with Crippen LogP contribution in [-0.4, -0.2) is 60.2 Å². The molecule has 15 heteroatoms. The number of hydrogen-bond donors (Lipinski definition) is 3. The van der Waals surface area contributed by atoms with Gasteiger partial charge in [-0.3, -0.25) is 4.39 Å². The van der Waals surface area contributed by atoms with E-state index in [4.69, 9.17) is 10.8 Å². The molecule has 0 aromatic carbocycles. The molecule has 6 saturated carbocycles. The fourth-order valence-electron chi connectivity index (χ4n) is 7.29. The molecule has 2 N–H and O–H groups in total. The second kappa shape index (κ2) is 17.2. The summed E-state index contributed by atoms with van der Waals surface area (Å²) in [4.78, 5) is 32.9. The molecule has 6 aliphatic carbocycles. The Kier molecular flexibility index (Phi) is 13.9. The Labute approximate surface area is 297 Å². The van der Waals surface area contributed by atoms with Gasteiger partial charge in [-0.05, 0) is 121 Å². The topological polar surface area (TPSA) is 115 Å². The van der Waals surface area contributed by atoms with Gasteiger partial charge in [-0.1, -0.05) is 0 Å². The van der Waals surface area contributed by atoms with Gasteiger partial charge >= 0.3 is 36.9 Å². The summed E-state index contributed by atoms with van der Waals surface area (Å²) in [6.07, 6.45) is 16.1. The molecule has 2 heterocycles. The maximum absolute atomic E-state index is 11.9. The predicted molar refractivity (Wildman–Crippen MR) is 190 cm³/mol. The van der Waals surface area contributed by atoms with Crippen LogP contribution in [0, 0.1) is 0 Å². The number of alkyl halides is 1. The number of rotatable bonds is 6. The van der Waals surface area contributed by atoms with Crippen molar-refractivity contribution in [2.24, 2.45) is 4.30 Å². The number of alkyl carbamates (subject to hydrolysis) is 2. The van der Waals surface area contributed by atoms with Gasteiger partial charge in [0.2, 0.25) is 0 Å². The molecule has 2 aromatic rings. The molecule has 1 radical (unpaired) electrons. The summed E-state index contributed by atoms with van der Waals surface area (Å²) < 4.78 is 29.8. The Morgan fingerprint density at radius 3 is 1.61 bits per heavy atom. The molecule has 2 amide bonds. The fraction of sp³-hybridized carbons (Fsp3) is 0.742. The Hall–Kier alpha value is -1.58. The van der Waals surface area contributed by atoms with E-state index < -0.39 is 7.15 Å². The number of hydrogen-bond acceptors (Lipinski definition) is 10. The molecule has 255 valence electrons. The van der Waals surface area contributed by atoms with Crippen LogP contribution >= 0.6 is 51.4 Å². The zero-order valence-electron chi connectivity index (χ0n) is 28.2. The van der Waals surface area contributed by atoms with E-state index in [0.717, 1.165) is 80.8 Å². The van der Waals surface area contributed by atoms with Gasteiger partial charge in [0.15, 0.2) is 0 Å². The summed E-state index contributed by atoms with van der Waals surface area (Å²) in [7, 11) is 3.34. The molecule has 46 heavy (non-hydrogen) atoms. The van der Waals surface area contributed by atoms with Crippen LogP contribution in [0.2, 0.25) is 0 Å². The van der Waals surface area contributed by atoms with Gasteiger partial charge in [0.25, 0.3) is 0 Å². The molecule has 6 aliphatic rings. The summed E-state index contributed by atoms with van der Waals surface area (Å²) in [5.74, 6) is 0. The van der Waals surface area contributed by atoms with E-state index in [0.29, 0.717) is 0 Å². The van der Waals surface area contributed by atoms with E-state index in [1.54, 1.807) is 22.7 Å². The first-order chi connectivity index (χ1) is 22.3. The number of halogens is 2. The first-order valence-electron chi connectivity index (χ1n) is 16.4. The van der Waals surface area contributed by atoms with Crippen molar-refractivity contribution in [1.82, 2.24) is 20.6 Å². The predicted octanol–water partition coefficient (Wildman–Crippen LogP) is 8.78. The molecule has 2 aromatic heterocycles. The number of nitrogens with zero attached hydrogens (tertiary/aromatic N) is 3. The van der Waals surface area contributed by atoms with Crippen molar-refractivity contribution in [3.63, 3.8) is 0 Å². The molecule has 0 atom stereocenters. The number of thiazole rings is 2. The Morgan fingerprint density at radius 1 is 0.913 bits per heavy atom. The third-order valence-corrected chi connectivity index (χ3v) is 12.5. The normalized spacial score (nSPS) is 29.1. The number of ether oxygens (including phenoxy) is 2. The van der Waals surface area contributed by atoms with Crippen LogP contribution in [0.5, 0.6) is 0 Å². The number of amides is 2. The third-order valence-electron chi connectivity index (χ3n) is 9.73. The molecule has 0 spiro atoms. The Morgan fingerprint density at radius 2 is 1.30 bits per heavy atom. The Balaban J connectivity index is 0.000000219. The van der Waals surface area contributed by atoms with E-state index >= 15 is 0 Å². The molecule has 6 fully saturated rings. The molecule has 9 nitrogen and oxygen atoms in total. The summed E-state index contributed by atoms with van der Waals surface area (Å²) in [5.41, 5.74) is 0.425. The summed E-state index contributed by atoms with van der Waals surface area (Å²) in [5, 5.41) is 10.9. The van der Waals surface area contributed by atoms with Crippen LogP contribution in [0.15, 0.2) is 25.9 Å². The first kappa shape index (κ1) is 37.2. The minimum atomic E-state index is -1.00. The van der Waals surface area contributed by atoms with Crippen LogP contribution in [0.25, 0.3) is 0 Å². The molecule has 0 saturated heterocycles. The second-order valence-electron chi connectivity index (χ2n) is 13.2. The average Bonchev–Trinajstić information content (AvgIpc) is 3.72. The number of thiol groups is 1. The quantitative estimate of drug-likeness (QED) is 0.201. The van der Waals surface area contributed by atoms with E-state index in [-0.39, 0.29) is 46.3 Å². The van der Waals surface area contributed by atoms with Crippen LogP contribution in [0.3, 0.4) is 0 Å². The summed E-state index contributed by atoms with van der Waals surface area (Å²) >= 11 is 10.2. The molecule has 4 bridgehead atoms. The number of nitrogens with one attached hydrogen (secondary N) is 2. The van der Waals surface area contributed by atoms with Crippen LogP contribution in [0.1, 0.15) is 116 Å². The van der Waals surface area contributed by atoms with Crippen molar-refractivity contribution in [1.29, 1.82) is 0 Å². The van der Waals surface area contributed by atoms with Gasteiger partial charge in [-0.2, -0.15) is 0 Å². The molecule has 0 aliphatic heterocycles. The van der Waals surface area contributed by atoms with Crippen LogP contribution < -0.4 is 10.6 Å². The monoisotopic (exact) mass is 759 g/mol. The van der Waals surface area contributed by atoms with Crippen molar-refractivity contribution in [3.8, 4) is 0 Å².